The molecule has 2 fully saturated rings. The maximum Gasteiger partial charge on any atom is 0.0173 e. The summed E-state index contributed by atoms with van der Waals surface area (Å²) >= 11 is 0. The summed E-state index contributed by atoms with van der Waals surface area (Å²) in [5.74, 6) is 1.47. The van der Waals surface area contributed by atoms with E-state index in [0.29, 0.717) is 5.92 Å². The van der Waals surface area contributed by atoms with Gasteiger partial charge in [0.2, 0.25) is 0 Å². The van der Waals surface area contributed by atoms with Gasteiger partial charge in [0.25, 0.3) is 0 Å². The first-order valence-electron chi connectivity index (χ1n) is 7.76. The Morgan fingerprint density at radius 3 is 2.68 bits per heavy atom. The van der Waals surface area contributed by atoms with Gasteiger partial charge in [0.05, 0.1) is 0 Å². The van der Waals surface area contributed by atoms with E-state index in [1.54, 1.807) is 0 Å². The van der Waals surface area contributed by atoms with Gasteiger partial charge >= 0.3 is 0 Å². The van der Waals surface area contributed by atoms with Crippen LogP contribution in [0.25, 0.3) is 6.08 Å². The number of rotatable bonds is 6. The minimum absolute atomic E-state index is 0.621. The van der Waals surface area contributed by atoms with Gasteiger partial charge in [-0.25, -0.2) is 0 Å². The molecular formula is C18H25N. The van der Waals surface area contributed by atoms with E-state index < -0.39 is 0 Å². The Labute approximate surface area is 117 Å². The van der Waals surface area contributed by atoms with E-state index in [9.17, 15) is 0 Å². The minimum atomic E-state index is 0.621. The number of benzene rings is 1. The van der Waals surface area contributed by atoms with Crippen molar-refractivity contribution in [3.8, 4) is 0 Å². The molecule has 0 spiro atoms. The van der Waals surface area contributed by atoms with E-state index >= 15 is 0 Å². The third-order valence-corrected chi connectivity index (χ3v) is 4.23. The molecule has 1 N–H and O–H groups in total. The zero-order chi connectivity index (χ0) is 13.2. The van der Waals surface area contributed by atoms with E-state index in [-0.39, 0.29) is 0 Å². The van der Waals surface area contributed by atoms with Crippen molar-refractivity contribution in [2.75, 3.05) is 6.54 Å². The Balaban J connectivity index is 1.73. The zero-order valence-electron chi connectivity index (χ0n) is 12.2. The van der Waals surface area contributed by atoms with Crippen LogP contribution in [-0.2, 0) is 0 Å². The number of hydrogen-bond donors (Lipinski definition) is 1. The first-order chi connectivity index (χ1) is 9.22. The smallest absolute Gasteiger partial charge is 0.0173 e. The lowest BCUT2D eigenvalue weighted by Gasteiger charge is -2.13. The minimum Gasteiger partial charge on any atom is -0.310 e. The highest BCUT2D eigenvalue weighted by atomic mass is 14.9. The predicted molar refractivity (Wildman–Crippen MR) is 82.3 cm³/mol. The molecule has 1 heteroatoms. The molecule has 2 aliphatic rings. The van der Waals surface area contributed by atoms with Gasteiger partial charge in [0, 0.05) is 12.6 Å². The molecule has 2 saturated carbocycles. The third kappa shape index (κ3) is 3.70. The lowest BCUT2D eigenvalue weighted by Crippen LogP contribution is -2.21. The second-order valence-electron chi connectivity index (χ2n) is 6.47. The molecule has 0 unspecified atom stereocenters. The fourth-order valence-electron chi connectivity index (χ4n) is 2.50. The van der Waals surface area contributed by atoms with Crippen molar-refractivity contribution >= 4 is 6.08 Å². The molecule has 0 aliphatic heterocycles. The summed E-state index contributed by atoms with van der Waals surface area (Å²) in [6.45, 7) is 5.65. The highest BCUT2D eigenvalue weighted by Gasteiger charge is 2.23. The van der Waals surface area contributed by atoms with Crippen LogP contribution in [0.15, 0.2) is 29.8 Å². The van der Waals surface area contributed by atoms with Crippen molar-refractivity contribution in [1.82, 2.24) is 5.32 Å². The summed E-state index contributed by atoms with van der Waals surface area (Å²) < 4.78 is 0. The van der Waals surface area contributed by atoms with E-state index in [1.807, 2.05) is 0 Å². The molecule has 0 atom stereocenters. The molecule has 0 saturated heterocycles. The lowest BCUT2D eigenvalue weighted by molar-refractivity contribution is 0.662. The van der Waals surface area contributed by atoms with Gasteiger partial charge in [-0.2, -0.15) is 0 Å². The van der Waals surface area contributed by atoms with Gasteiger partial charge in [-0.15, -0.1) is 0 Å². The van der Waals surface area contributed by atoms with Crippen molar-refractivity contribution in [2.45, 2.75) is 51.5 Å². The molecule has 3 rings (SSSR count). The average molecular weight is 255 g/mol. The largest absolute Gasteiger partial charge is 0.310 e. The van der Waals surface area contributed by atoms with Gasteiger partial charge in [0.15, 0.2) is 0 Å². The summed E-state index contributed by atoms with van der Waals surface area (Å²) in [6, 6.07) is 9.92. The topological polar surface area (TPSA) is 12.0 Å². The van der Waals surface area contributed by atoms with E-state index in [2.05, 4.69) is 49.5 Å². The van der Waals surface area contributed by atoms with E-state index in [4.69, 9.17) is 0 Å². The summed E-state index contributed by atoms with van der Waals surface area (Å²) in [7, 11) is 0. The van der Waals surface area contributed by atoms with Crippen LogP contribution in [0.2, 0.25) is 0 Å². The van der Waals surface area contributed by atoms with E-state index in [1.165, 1.54) is 42.4 Å². The maximum atomic E-state index is 3.64. The van der Waals surface area contributed by atoms with Crippen LogP contribution in [0.1, 0.15) is 56.6 Å². The summed E-state index contributed by atoms with van der Waals surface area (Å²) in [4.78, 5) is 0. The number of hydrogen-bond acceptors (Lipinski definition) is 1. The lowest BCUT2D eigenvalue weighted by atomic mass is 9.98. The molecule has 19 heavy (non-hydrogen) atoms. The number of nitrogens with one attached hydrogen (secondary N) is 1. The van der Waals surface area contributed by atoms with Crippen LogP contribution < -0.4 is 5.32 Å². The van der Waals surface area contributed by atoms with Gasteiger partial charge in [-0.1, -0.05) is 49.8 Å². The Kier molecular flexibility index (Phi) is 3.74. The monoisotopic (exact) mass is 255 g/mol. The highest BCUT2D eigenvalue weighted by Crippen LogP contribution is 2.40. The molecule has 1 nitrogen and oxygen atoms in total. The van der Waals surface area contributed by atoms with E-state index in [0.717, 1.165) is 18.5 Å². The normalized spacial score (nSPS) is 20.1. The average Bonchev–Trinajstić information content (AvgIpc) is 3.28. The van der Waals surface area contributed by atoms with Crippen LogP contribution in [0.5, 0.6) is 0 Å². The first kappa shape index (κ1) is 12.9. The van der Waals surface area contributed by atoms with Crippen LogP contribution in [-0.4, -0.2) is 12.6 Å². The van der Waals surface area contributed by atoms with Crippen molar-refractivity contribution in [3.63, 3.8) is 0 Å². The van der Waals surface area contributed by atoms with Gasteiger partial charge in [0.1, 0.15) is 0 Å². The Morgan fingerprint density at radius 2 is 2.05 bits per heavy atom. The standard InChI is InChI=1S/C18H25N/c1-13(2)17(12-19-18-8-9-18)11-14-4-3-5-16(10-14)15-6-7-15/h3-5,10-11,13,15,18-19H,6-9,12H2,1-2H3. The summed E-state index contributed by atoms with van der Waals surface area (Å²) in [5.41, 5.74) is 4.44. The fourth-order valence-corrected chi connectivity index (χ4v) is 2.50. The molecule has 2 aliphatic carbocycles. The van der Waals surface area contributed by atoms with Crippen molar-refractivity contribution in [2.24, 2.45) is 5.92 Å². The van der Waals surface area contributed by atoms with Crippen molar-refractivity contribution < 1.29 is 0 Å². The summed E-state index contributed by atoms with van der Waals surface area (Å²) in [6.07, 6.45) is 7.89. The third-order valence-electron chi connectivity index (χ3n) is 4.23. The molecular weight excluding hydrogens is 230 g/mol. The van der Waals surface area contributed by atoms with Crippen molar-refractivity contribution in [3.05, 3.63) is 41.0 Å². The Morgan fingerprint density at radius 1 is 1.26 bits per heavy atom. The van der Waals surface area contributed by atoms with Crippen LogP contribution >= 0.6 is 0 Å². The highest BCUT2D eigenvalue weighted by molar-refractivity contribution is 5.55. The molecule has 1 aromatic rings. The van der Waals surface area contributed by atoms with Gasteiger partial charge < -0.3 is 5.32 Å². The second-order valence-corrected chi connectivity index (χ2v) is 6.47. The SMILES string of the molecule is CC(C)C(=Cc1cccc(C2CC2)c1)CNC1CC1. The zero-order valence-corrected chi connectivity index (χ0v) is 12.2. The molecule has 0 amide bonds. The summed E-state index contributed by atoms with van der Waals surface area (Å²) in [5, 5.41) is 3.64. The van der Waals surface area contributed by atoms with Crippen molar-refractivity contribution in [1.29, 1.82) is 0 Å². The Bertz CT molecular complexity index is 464. The Hall–Kier alpha value is -1.08. The molecule has 0 bridgehead atoms. The molecule has 0 radical (unpaired) electrons. The van der Waals surface area contributed by atoms with Gasteiger partial charge in [-0.3, -0.25) is 0 Å². The second kappa shape index (κ2) is 5.50. The fraction of sp³-hybridized carbons (Fsp3) is 0.556. The predicted octanol–water partition coefficient (Wildman–Crippen LogP) is 4.36. The molecule has 0 heterocycles. The van der Waals surface area contributed by atoms with Crippen LogP contribution in [0, 0.1) is 5.92 Å². The quantitative estimate of drug-likeness (QED) is 0.796. The molecule has 0 aromatic heterocycles. The maximum absolute atomic E-state index is 3.64. The van der Waals surface area contributed by atoms with Crippen LogP contribution in [0.4, 0.5) is 0 Å². The molecule has 102 valence electrons. The van der Waals surface area contributed by atoms with Gasteiger partial charge in [-0.05, 0) is 48.6 Å². The molecule has 1 aromatic carbocycles. The van der Waals surface area contributed by atoms with Crippen LogP contribution in [0.3, 0.4) is 0 Å². The first-order valence-corrected chi connectivity index (χ1v) is 7.76.